The zero-order valence-electron chi connectivity index (χ0n) is 21.5. The van der Waals surface area contributed by atoms with Crippen LogP contribution in [-0.2, 0) is 37.4 Å². The SMILES string of the molecule is BrCc1ccc(Br)cc1.CCOC(=O)C(Cc1ccc(Br)cc1)n1ccnn1.CCOC(=O)Cn1ccnn1. The minimum absolute atomic E-state index is 0.133. The maximum atomic E-state index is 12.0. The van der Waals surface area contributed by atoms with Gasteiger partial charge >= 0.3 is 11.9 Å². The number of nitrogens with zero attached hydrogens (tertiary/aromatic N) is 6. The van der Waals surface area contributed by atoms with Crippen LogP contribution in [0.15, 0.2) is 82.3 Å². The summed E-state index contributed by atoms with van der Waals surface area (Å²) in [6.45, 7) is 4.43. The number of ether oxygens (including phenoxy) is 2. The second-order valence-corrected chi connectivity index (χ2v) is 10.0. The summed E-state index contributed by atoms with van der Waals surface area (Å²) >= 11 is 10.1. The van der Waals surface area contributed by atoms with Crippen molar-refractivity contribution in [1.29, 1.82) is 0 Å². The van der Waals surface area contributed by atoms with Crippen molar-refractivity contribution in [3.63, 3.8) is 0 Å². The summed E-state index contributed by atoms with van der Waals surface area (Å²) in [6, 6.07) is 15.6. The maximum Gasteiger partial charge on any atom is 0.331 e. The van der Waals surface area contributed by atoms with Crippen molar-refractivity contribution in [3.05, 3.63) is 93.4 Å². The molecular weight excluding hydrogens is 700 g/mol. The van der Waals surface area contributed by atoms with E-state index in [1.54, 1.807) is 32.4 Å². The Morgan fingerprint density at radius 1 is 0.821 bits per heavy atom. The Labute approximate surface area is 252 Å². The van der Waals surface area contributed by atoms with Gasteiger partial charge < -0.3 is 9.47 Å². The first kappa shape index (κ1) is 32.3. The van der Waals surface area contributed by atoms with E-state index in [2.05, 4.69) is 85.3 Å². The van der Waals surface area contributed by atoms with Crippen LogP contribution in [0.4, 0.5) is 0 Å². The van der Waals surface area contributed by atoms with Crippen molar-refractivity contribution in [3.8, 4) is 0 Å². The Morgan fingerprint density at radius 3 is 1.87 bits per heavy atom. The molecule has 1 unspecified atom stereocenters. The average molecular weight is 729 g/mol. The van der Waals surface area contributed by atoms with Crippen LogP contribution in [0.3, 0.4) is 0 Å². The molecule has 0 fully saturated rings. The fraction of sp³-hybridized carbons (Fsp3) is 0.308. The molecule has 4 rings (SSSR count). The summed E-state index contributed by atoms with van der Waals surface area (Å²) in [5, 5.41) is 15.7. The van der Waals surface area contributed by atoms with E-state index in [-0.39, 0.29) is 18.5 Å². The van der Waals surface area contributed by atoms with Gasteiger partial charge in [-0.1, -0.05) is 82.5 Å². The van der Waals surface area contributed by atoms with E-state index in [0.29, 0.717) is 19.6 Å². The summed E-state index contributed by atoms with van der Waals surface area (Å²) < 4.78 is 14.9. The Balaban J connectivity index is 0.000000226. The Bertz CT molecular complexity index is 1220. The average Bonchev–Trinajstić information content (AvgIpc) is 3.65. The molecule has 0 bridgehead atoms. The van der Waals surface area contributed by atoms with Crippen LogP contribution in [0.25, 0.3) is 0 Å². The maximum absolute atomic E-state index is 12.0. The molecule has 0 N–H and O–H groups in total. The molecule has 2 aromatic heterocycles. The minimum atomic E-state index is -0.483. The molecule has 39 heavy (non-hydrogen) atoms. The first-order valence-corrected chi connectivity index (χ1v) is 14.6. The molecule has 0 aliphatic heterocycles. The first-order chi connectivity index (χ1) is 18.9. The van der Waals surface area contributed by atoms with Crippen molar-refractivity contribution in [1.82, 2.24) is 30.0 Å². The molecule has 0 radical (unpaired) electrons. The van der Waals surface area contributed by atoms with Gasteiger partial charge in [0.25, 0.3) is 0 Å². The molecule has 0 saturated carbocycles. The summed E-state index contributed by atoms with van der Waals surface area (Å²) in [5.41, 5.74) is 2.34. The predicted molar refractivity (Wildman–Crippen MR) is 157 cm³/mol. The third kappa shape index (κ3) is 12.7. The Morgan fingerprint density at radius 2 is 1.38 bits per heavy atom. The third-order valence-corrected chi connectivity index (χ3v) is 6.50. The van der Waals surface area contributed by atoms with Crippen LogP contribution in [0, 0.1) is 0 Å². The minimum Gasteiger partial charge on any atom is -0.465 e. The zero-order chi connectivity index (χ0) is 28.5. The van der Waals surface area contributed by atoms with Crippen molar-refractivity contribution >= 4 is 59.7 Å². The van der Waals surface area contributed by atoms with Crippen LogP contribution in [0.2, 0.25) is 0 Å². The lowest BCUT2D eigenvalue weighted by atomic mass is 10.1. The summed E-state index contributed by atoms with van der Waals surface area (Å²) in [7, 11) is 0. The highest BCUT2D eigenvalue weighted by Crippen LogP contribution is 2.18. The molecule has 1 atom stereocenters. The highest BCUT2D eigenvalue weighted by Gasteiger charge is 2.23. The van der Waals surface area contributed by atoms with Crippen molar-refractivity contribution in [2.75, 3.05) is 13.2 Å². The standard InChI is InChI=1S/C13H14BrN3O2.C7H6Br2.C6H9N3O2/c1-2-19-13(18)12(17-8-7-15-16-17)9-10-3-5-11(14)6-4-10;8-5-6-1-3-7(9)4-2-6;1-2-11-6(10)5-9-4-3-7-8-9/h3-8,12H,2,9H2,1H3;1-4H,5H2;3-4H,2,5H2,1H3. The molecule has 208 valence electrons. The van der Waals surface area contributed by atoms with Gasteiger partial charge in [-0.05, 0) is 49.2 Å². The molecule has 13 heteroatoms. The van der Waals surface area contributed by atoms with E-state index >= 15 is 0 Å². The van der Waals surface area contributed by atoms with Crippen LogP contribution in [0.5, 0.6) is 0 Å². The number of carbonyl (C=O) groups is 2. The van der Waals surface area contributed by atoms with Gasteiger partial charge in [-0.15, -0.1) is 10.2 Å². The number of esters is 2. The second-order valence-electron chi connectivity index (χ2n) is 7.65. The zero-order valence-corrected chi connectivity index (χ0v) is 26.2. The smallest absolute Gasteiger partial charge is 0.331 e. The monoisotopic (exact) mass is 726 g/mol. The Hall–Kier alpha value is -2.90. The van der Waals surface area contributed by atoms with Gasteiger partial charge in [0.05, 0.1) is 25.6 Å². The fourth-order valence-electron chi connectivity index (χ4n) is 2.98. The molecule has 2 heterocycles. The van der Waals surface area contributed by atoms with Crippen molar-refractivity contribution in [2.45, 2.75) is 38.2 Å². The molecule has 4 aromatic rings. The normalized spacial score (nSPS) is 10.8. The number of hydrogen-bond acceptors (Lipinski definition) is 8. The topological polar surface area (TPSA) is 114 Å². The quantitative estimate of drug-likeness (QED) is 0.162. The lowest BCUT2D eigenvalue weighted by Gasteiger charge is -2.15. The molecule has 0 spiro atoms. The number of aromatic nitrogens is 6. The van der Waals surface area contributed by atoms with Crippen LogP contribution < -0.4 is 0 Å². The highest BCUT2D eigenvalue weighted by molar-refractivity contribution is 9.10. The second kappa shape index (κ2) is 18.4. The number of halogens is 3. The van der Waals surface area contributed by atoms with Gasteiger partial charge in [-0.2, -0.15) is 0 Å². The van der Waals surface area contributed by atoms with Crippen molar-refractivity contribution < 1.29 is 19.1 Å². The van der Waals surface area contributed by atoms with E-state index in [1.165, 1.54) is 21.1 Å². The molecule has 0 saturated heterocycles. The van der Waals surface area contributed by atoms with E-state index < -0.39 is 6.04 Å². The van der Waals surface area contributed by atoms with Gasteiger partial charge in [0.15, 0.2) is 6.04 Å². The van der Waals surface area contributed by atoms with Crippen molar-refractivity contribution in [2.24, 2.45) is 0 Å². The highest BCUT2D eigenvalue weighted by atomic mass is 79.9. The first-order valence-electron chi connectivity index (χ1n) is 11.9. The number of rotatable bonds is 9. The molecular formula is C26H29Br3N6O4. The number of alkyl halides is 1. The summed E-state index contributed by atoms with van der Waals surface area (Å²) in [5.74, 6) is -0.589. The van der Waals surface area contributed by atoms with E-state index in [0.717, 1.165) is 19.8 Å². The van der Waals surface area contributed by atoms with Gasteiger partial charge in [-0.3, -0.25) is 4.79 Å². The van der Waals surface area contributed by atoms with Crippen LogP contribution in [0.1, 0.15) is 31.0 Å². The molecule has 10 nitrogen and oxygen atoms in total. The third-order valence-electron chi connectivity index (χ3n) is 4.80. The number of carbonyl (C=O) groups excluding carboxylic acids is 2. The fourth-order valence-corrected chi connectivity index (χ4v) is 3.88. The number of benzene rings is 2. The van der Waals surface area contributed by atoms with E-state index in [9.17, 15) is 9.59 Å². The van der Waals surface area contributed by atoms with Crippen LogP contribution >= 0.6 is 47.8 Å². The lowest BCUT2D eigenvalue weighted by Crippen LogP contribution is -2.24. The predicted octanol–water partition coefficient (Wildman–Crippen LogP) is 5.57. The van der Waals surface area contributed by atoms with Gasteiger partial charge in [-0.25, -0.2) is 14.2 Å². The van der Waals surface area contributed by atoms with Crippen LogP contribution in [-0.4, -0.2) is 55.1 Å². The number of hydrogen-bond donors (Lipinski definition) is 0. The largest absolute Gasteiger partial charge is 0.465 e. The molecule has 0 aliphatic rings. The van der Waals surface area contributed by atoms with Gasteiger partial charge in [0.2, 0.25) is 0 Å². The summed E-state index contributed by atoms with van der Waals surface area (Å²) in [6.07, 6.45) is 6.86. The lowest BCUT2D eigenvalue weighted by molar-refractivity contribution is -0.147. The van der Waals surface area contributed by atoms with Gasteiger partial charge in [0, 0.05) is 33.1 Å². The molecule has 0 amide bonds. The molecule has 0 aliphatic carbocycles. The van der Waals surface area contributed by atoms with E-state index in [4.69, 9.17) is 4.74 Å². The Kier molecular flexibility index (Phi) is 15.2. The molecule has 2 aromatic carbocycles. The summed E-state index contributed by atoms with van der Waals surface area (Å²) in [4.78, 5) is 22.8. The van der Waals surface area contributed by atoms with Gasteiger partial charge in [0.1, 0.15) is 6.54 Å². The van der Waals surface area contributed by atoms with E-state index in [1.807, 2.05) is 36.4 Å².